The van der Waals surface area contributed by atoms with Gasteiger partial charge < -0.3 is 14.8 Å². The molecule has 0 atom stereocenters. The van der Waals surface area contributed by atoms with Crippen LogP contribution in [-0.2, 0) is 0 Å². The molecule has 3 rings (SSSR count). The van der Waals surface area contributed by atoms with E-state index in [1.165, 1.54) is 6.33 Å². The summed E-state index contributed by atoms with van der Waals surface area (Å²) in [5, 5.41) is 14.6. The van der Waals surface area contributed by atoms with Gasteiger partial charge in [-0.05, 0) is 37.1 Å². The van der Waals surface area contributed by atoms with Crippen LogP contribution in [0.3, 0.4) is 0 Å². The lowest BCUT2D eigenvalue weighted by atomic mass is 10.2. The molecule has 1 aliphatic carbocycles. The molecule has 1 N–H and O–H groups in total. The Morgan fingerprint density at radius 3 is 2.46 bits per heavy atom. The Bertz CT molecular complexity index is 715. The zero-order valence-corrected chi connectivity index (χ0v) is 13.3. The second kappa shape index (κ2) is 7.12. The van der Waals surface area contributed by atoms with Gasteiger partial charge in [-0.1, -0.05) is 12.8 Å². The summed E-state index contributed by atoms with van der Waals surface area (Å²) in [6, 6.07) is 6.94. The number of rotatable bonds is 6. The molecule has 0 aliphatic heterocycles. The molecule has 0 bridgehead atoms. The third-order valence-electron chi connectivity index (χ3n) is 3.94. The Morgan fingerprint density at radius 2 is 1.83 bits per heavy atom. The van der Waals surface area contributed by atoms with Crippen molar-refractivity contribution in [1.29, 1.82) is 0 Å². The summed E-state index contributed by atoms with van der Waals surface area (Å²) in [6.45, 7) is 0. The van der Waals surface area contributed by atoms with Crippen LogP contribution >= 0.6 is 0 Å². The van der Waals surface area contributed by atoms with Gasteiger partial charge in [0.15, 0.2) is 0 Å². The highest BCUT2D eigenvalue weighted by Crippen LogP contribution is 2.35. The molecule has 1 heterocycles. The standard InChI is InChI=1S/C16H18N4O4/c1-23-12-6-8-13(9-7-12)24-16-14(20(21)22)15(17-10-18-16)19-11-4-2-3-5-11/h6-11H,2-5H2,1H3,(H,17,18,19). The first-order chi connectivity index (χ1) is 11.7. The summed E-state index contributed by atoms with van der Waals surface area (Å²) in [4.78, 5) is 18.9. The number of hydrogen-bond donors (Lipinski definition) is 1. The Kier molecular flexibility index (Phi) is 4.74. The molecule has 0 unspecified atom stereocenters. The predicted octanol–water partition coefficient (Wildman–Crippen LogP) is 3.54. The van der Waals surface area contributed by atoms with Gasteiger partial charge in [0.05, 0.1) is 12.0 Å². The van der Waals surface area contributed by atoms with Gasteiger partial charge in [-0.3, -0.25) is 10.1 Å². The highest BCUT2D eigenvalue weighted by atomic mass is 16.6. The third-order valence-corrected chi connectivity index (χ3v) is 3.94. The molecule has 24 heavy (non-hydrogen) atoms. The molecular weight excluding hydrogens is 312 g/mol. The molecule has 0 amide bonds. The Balaban J connectivity index is 1.86. The van der Waals surface area contributed by atoms with Crippen LogP contribution in [-0.4, -0.2) is 28.0 Å². The van der Waals surface area contributed by atoms with Crippen molar-refractivity contribution in [3.8, 4) is 17.4 Å². The van der Waals surface area contributed by atoms with E-state index in [0.717, 1.165) is 25.7 Å². The molecule has 1 aromatic heterocycles. The average Bonchev–Trinajstić information content (AvgIpc) is 3.08. The minimum Gasteiger partial charge on any atom is -0.497 e. The Morgan fingerprint density at radius 1 is 1.17 bits per heavy atom. The fourth-order valence-corrected chi connectivity index (χ4v) is 2.73. The van der Waals surface area contributed by atoms with E-state index in [9.17, 15) is 10.1 Å². The topological polar surface area (TPSA) is 99.4 Å². The minimum atomic E-state index is -0.518. The van der Waals surface area contributed by atoms with Crippen LogP contribution < -0.4 is 14.8 Å². The monoisotopic (exact) mass is 330 g/mol. The molecule has 0 saturated heterocycles. The van der Waals surface area contributed by atoms with Gasteiger partial charge in [0, 0.05) is 6.04 Å². The van der Waals surface area contributed by atoms with Crippen LogP contribution in [0.2, 0.25) is 0 Å². The van der Waals surface area contributed by atoms with Gasteiger partial charge >= 0.3 is 11.6 Å². The number of aromatic nitrogens is 2. The molecule has 126 valence electrons. The van der Waals surface area contributed by atoms with E-state index >= 15 is 0 Å². The Hall–Kier alpha value is -2.90. The SMILES string of the molecule is COc1ccc(Oc2ncnc(NC3CCCC3)c2[N+](=O)[O-])cc1. The van der Waals surface area contributed by atoms with Crippen molar-refractivity contribution in [2.75, 3.05) is 12.4 Å². The molecular formula is C16H18N4O4. The first-order valence-corrected chi connectivity index (χ1v) is 7.75. The number of benzene rings is 1. The van der Waals surface area contributed by atoms with Crippen molar-refractivity contribution in [2.45, 2.75) is 31.7 Å². The fourth-order valence-electron chi connectivity index (χ4n) is 2.73. The quantitative estimate of drug-likeness (QED) is 0.638. The summed E-state index contributed by atoms with van der Waals surface area (Å²) in [6.07, 6.45) is 5.46. The molecule has 0 radical (unpaired) electrons. The lowest BCUT2D eigenvalue weighted by Crippen LogP contribution is -2.17. The number of ether oxygens (including phenoxy) is 2. The zero-order chi connectivity index (χ0) is 16.9. The van der Waals surface area contributed by atoms with Crippen LogP contribution in [0.15, 0.2) is 30.6 Å². The van der Waals surface area contributed by atoms with Crippen molar-refractivity contribution in [1.82, 2.24) is 9.97 Å². The zero-order valence-electron chi connectivity index (χ0n) is 13.3. The van der Waals surface area contributed by atoms with E-state index in [1.807, 2.05) is 0 Å². The van der Waals surface area contributed by atoms with Crippen molar-refractivity contribution < 1.29 is 14.4 Å². The van der Waals surface area contributed by atoms with Crippen molar-refractivity contribution in [3.63, 3.8) is 0 Å². The lowest BCUT2D eigenvalue weighted by Gasteiger charge is -2.13. The van der Waals surface area contributed by atoms with Crippen LogP contribution in [0, 0.1) is 10.1 Å². The number of nitrogens with one attached hydrogen (secondary N) is 1. The molecule has 1 saturated carbocycles. The first kappa shape index (κ1) is 16.0. The van der Waals surface area contributed by atoms with Crippen LogP contribution in [0.1, 0.15) is 25.7 Å². The van der Waals surface area contributed by atoms with Crippen molar-refractivity contribution in [3.05, 3.63) is 40.7 Å². The van der Waals surface area contributed by atoms with Crippen molar-refractivity contribution >= 4 is 11.5 Å². The molecule has 0 spiro atoms. The summed E-state index contributed by atoms with van der Waals surface area (Å²) in [5.41, 5.74) is -0.250. The van der Waals surface area contributed by atoms with Crippen molar-refractivity contribution in [2.24, 2.45) is 0 Å². The normalized spacial score (nSPS) is 14.4. The molecule has 1 fully saturated rings. The summed E-state index contributed by atoms with van der Waals surface area (Å²) >= 11 is 0. The maximum absolute atomic E-state index is 11.5. The van der Waals surface area contributed by atoms with E-state index in [4.69, 9.17) is 9.47 Å². The van der Waals surface area contributed by atoms with E-state index < -0.39 is 4.92 Å². The van der Waals surface area contributed by atoms with E-state index in [0.29, 0.717) is 11.5 Å². The molecule has 8 nitrogen and oxygen atoms in total. The molecule has 8 heteroatoms. The number of anilines is 1. The minimum absolute atomic E-state index is 0.0827. The van der Waals surface area contributed by atoms with Gasteiger partial charge in [-0.25, -0.2) is 4.98 Å². The maximum Gasteiger partial charge on any atom is 0.373 e. The maximum atomic E-state index is 11.5. The molecule has 1 aromatic carbocycles. The van der Waals surface area contributed by atoms with Crippen LogP contribution in [0.4, 0.5) is 11.5 Å². The molecule has 1 aliphatic rings. The predicted molar refractivity (Wildman–Crippen MR) is 87.6 cm³/mol. The highest BCUT2D eigenvalue weighted by molar-refractivity contribution is 5.62. The summed E-state index contributed by atoms with van der Waals surface area (Å²) < 4.78 is 10.7. The van der Waals surface area contributed by atoms with Gasteiger partial charge in [0.25, 0.3) is 0 Å². The second-order valence-electron chi connectivity index (χ2n) is 5.54. The van der Waals surface area contributed by atoms with Gasteiger partial charge in [0.2, 0.25) is 5.82 Å². The van der Waals surface area contributed by atoms with Gasteiger partial charge in [-0.2, -0.15) is 4.98 Å². The summed E-state index contributed by atoms with van der Waals surface area (Å²) in [7, 11) is 1.56. The van der Waals surface area contributed by atoms with Gasteiger partial charge in [0.1, 0.15) is 17.8 Å². The lowest BCUT2D eigenvalue weighted by molar-refractivity contribution is -0.385. The van der Waals surface area contributed by atoms with E-state index in [-0.39, 0.29) is 23.4 Å². The summed E-state index contributed by atoms with van der Waals surface area (Å²) in [5.74, 6) is 1.22. The van der Waals surface area contributed by atoms with Crippen LogP contribution in [0.5, 0.6) is 17.4 Å². The van der Waals surface area contributed by atoms with Crippen LogP contribution in [0.25, 0.3) is 0 Å². The molecule has 2 aromatic rings. The number of methoxy groups -OCH3 is 1. The number of hydrogen-bond acceptors (Lipinski definition) is 7. The fraction of sp³-hybridized carbons (Fsp3) is 0.375. The average molecular weight is 330 g/mol. The second-order valence-corrected chi connectivity index (χ2v) is 5.54. The largest absolute Gasteiger partial charge is 0.497 e. The first-order valence-electron chi connectivity index (χ1n) is 7.75. The third kappa shape index (κ3) is 3.53. The number of nitrogens with zero attached hydrogens (tertiary/aromatic N) is 3. The smallest absolute Gasteiger partial charge is 0.373 e. The Labute approximate surface area is 139 Å². The van der Waals surface area contributed by atoms with E-state index in [2.05, 4.69) is 15.3 Å². The van der Waals surface area contributed by atoms with Gasteiger partial charge in [-0.15, -0.1) is 0 Å². The van der Waals surface area contributed by atoms with E-state index in [1.54, 1.807) is 31.4 Å². The number of nitro groups is 1. The highest BCUT2D eigenvalue weighted by Gasteiger charge is 2.27.